The number of benzene rings is 2. The highest BCUT2D eigenvalue weighted by molar-refractivity contribution is 6.09. The maximum atomic E-state index is 12.4. The Morgan fingerprint density at radius 3 is 2.53 bits per heavy atom. The molecule has 0 atom stereocenters. The first-order valence-corrected chi connectivity index (χ1v) is 9.08. The number of ether oxygens (including phenoxy) is 2. The summed E-state index contributed by atoms with van der Waals surface area (Å²) in [7, 11) is 1.42. The topological polar surface area (TPSA) is 148 Å². The van der Waals surface area contributed by atoms with Crippen molar-refractivity contribution in [2.75, 3.05) is 12.4 Å². The van der Waals surface area contributed by atoms with Gasteiger partial charge in [0, 0.05) is 17.8 Å². The number of aromatic nitrogens is 1. The van der Waals surface area contributed by atoms with Gasteiger partial charge in [0.25, 0.3) is 11.6 Å². The van der Waals surface area contributed by atoms with Gasteiger partial charge in [-0.25, -0.2) is 4.98 Å². The van der Waals surface area contributed by atoms with Crippen molar-refractivity contribution in [3.05, 3.63) is 82.0 Å². The van der Waals surface area contributed by atoms with E-state index < -0.39 is 10.8 Å². The Labute approximate surface area is 182 Å². The number of pyridine rings is 1. The van der Waals surface area contributed by atoms with Gasteiger partial charge in [0.15, 0.2) is 11.5 Å². The van der Waals surface area contributed by atoms with E-state index in [1.54, 1.807) is 18.2 Å². The Balaban J connectivity index is 1.79. The van der Waals surface area contributed by atoms with E-state index in [1.807, 2.05) is 6.07 Å². The van der Waals surface area contributed by atoms with Crippen molar-refractivity contribution in [2.24, 2.45) is 0 Å². The molecule has 1 amide bonds. The zero-order valence-corrected chi connectivity index (χ0v) is 16.7. The lowest BCUT2D eigenvalue weighted by atomic mass is 10.1. The summed E-state index contributed by atoms with van der Waals surface area (Å²) < 4.78 is 10.9. The van der Waals surface area contributed by atoms with Crippen LogP contribution in [-0.2, 0) is 4.79 Å². The number of carbonyl (C=O) groups excluding carboxylic acids is 1. The first kappa shape index (κ1) is 21.8. The second kappa shape index (κ2) is 9.73. The number of aromatic hydroxyl groups is 1. The Hall–Kier alpha value is -4.91. The maximum Gasteiger partial charge on any atom is 0.287 e. The summed E-state index contributed by atoms with van der Waals surface area (Å²) >= 11 is 0. The fraction of sp³-hybridized carbons (Fsp3) is 0.0455. The molecule has 0 spiro atoms. The molecule has 10 nitrogen and oxygen atoms in total. The molecular formula is C22H16N4O6. The number of nitro groups is 1. The maximum absolute atomic E-state index is 12.4. The molecular weight excluding hydrogens is 416 g/mol. The van der Waals surface area contributed by atoms with Crippen LogP contribution in [0.4, 0.5) is 11.4 Å². The summed E-state index contributed by atoms with van der Waals surface area (Å²) in [6, 6.07) is 15.0. The third-order valence-corrected chi connectivity index (χ3v) is 4.14. The van der Waals surface area contributed by atoms with Crippen molar-refractivity contribution in [2.45, 2.75) is 0 Å². The van der Waals surface area contributed by atoms with Crippen LogP contribution < -0.4 is 14.8 Å². The van der Waals surface area contributed by atoms with Crippen LogP contribution in [0, 0.1) is 21.4 Å². The lowest BCUT2D eigenvalue weighted by Crippen LogP contribution is -2.13. The minimum Gasteiger partial charge on any atom is -0.508 e. The number of anilines is 1. The van der Waals surface area contributed by atoms with E-state index in [-0.39, 0.29) is 28.6 Å². The Kier molecular flexibility index (Phi) is 6.62. The van der Waals surface area contributed by atoms with Crippen molar-refractivity contribution < 1.29 is 24.3 Å². The van der Waals surface area contributed by atoms with Gasteiger partial charge in [0.05, 0.1) is 12.0 Å². The molecule has 0 aliphatic rings. The number of amides is 1. The molecule has 3 aromatic rings. The lowest BCUT2D eigenvalue weighted by molar-refractivity contribution is -0.385. The highest BCUT2D eigenvalue weighted by Gasteiger charge is 2.13. The van der Waals surface area contributed by atoms with Crippen molar-refractivity contribution in [1.29, 1.82) is 5.26 Å². The molecule has 1 aromatic heterocycles. The van der Waals surface area contributed by atoms with Crippen LogP contribution in [0.1, 0.15) is 5.56 Å². The van der Waals surface area contributed by atoms with Gasteiger partial charge in [-0.15, -0.1) is 0 Å². The molecule has 1 heterocycles. The van der Waals surface area contributed by atoms with Gasteiger partial charge < -0.3 is 19.9 Å². The minimum absolute atomic E-state index is 0.0531. The summed E-state index contributed by atoms with van der Waals surface area (Å²) in [6.07, 6.45) is 2.46. The number of phenols is 1. The number of hydrogen-bond donors (Lipinski definition) is 2. The van der Waals surface area contributed by atoms with Crippen LogP contribution in [-0.4, -0.2) is 28.0 Å². The van der Waals surface area contributed by atoms with Crippen molar-refractivity contribution in [3.8, 4) is 29.2 Å². The molecule has 32 heavy (non-hydrogen) atoms. The van der Waals surface area contributed by atoms with Gasteiger partial charge in [-0.2, -0.15) is 5.26 Å². The number of phenolic OH excluding ortho intramolecular Hbond substituents is 1. The van der Waals surface area contributed by atoms with Gasteiger partial charge in [-0.3, -0.25) is 14.9 Å². The van der Waals surface area contributed by atoms with Gasteiger partial charge in [0.2, 0.25) is 5.88 Å². The fourth-order valence-electron chi connectivity index (χ4n) is 2.57. The molecule has 0 saturated carbocycles. The van der Waals surface area contributed by atoms with E-state index in [0.717, 1.165) is 6.20 Å². The number of hydrogen-bond acceptors (Lipinski definition) is 8. The number of methoxy groups -OCH3 is 1. The van der Waals surface area contributed by atoms with Crippen LogP contribution in [0.15, 0.2) is 66.4 Å². The first-order valence-electron chi connectivity index (χ1n) is 9.08. The van der Waals surface area contributed by atoms with E-state index in [2.05, 4.69) is 10.3 Å². The molecule has 0 saturated heterocycles. The number of nitrogens with zero attached hydrogens (tertiary/aromatic N) is 3. The highest BCUT2D eigenvalue weighted by atomic mass is 16.6. The Morgan fingerprint density at radius 1 is 1.19 bits per heavy atom. The van der Waals surface area contributed by atoms with E-state index in [9.17, 15) is 25.3 Å². The number of nitriles is 1. The van der Waals surface area contributed by atoms with Crippen LogP contribution >= 0.6 is 0 Å². The molecule has 0 aliphatic heterocycles. The van der Waals surface area contributed by atoms with Crippen LogP contribution in [0.25, 0.3) is 6.08 Å². The number of rotatable bonds is 7. The van der Waals surface area contributed by atoms with Gasteiger partial charge in [-0.05, 0) is 48.0 Å². The van der Waals surface area contributed by atoms with Gasteiger partial charge >= 0.3 is 0 Å². The molecule has 0 aliphatic carbocycles. The molecule has 10 heteroatoms. The lowest BCUT2D eigenvalue weighted by Gasteiger charge is -2.10. The average Bonchev–Trinajstić information content (AvgIpc) is 2.80. The largest absolute Gasteiger partial charge is 0.508 e. The fourth-order valence-corrected chi connectivity index (χ4v) is 2.57. The van der Waals surface area contributed by atoms with Crippen molar-refractivity contribution in [1.82, 2.24) is 4.98 Å². The first-order chi connectivity index (χ1) is 15.4. The molecule has 0 fully saturated rings. The Morgan fingerprint density at radius 2 is 1.94 bits per heavy atom. The average molecular weight is 432 g/mol. The predicted octanol–water partition coefficient (Wildman–Crippen LogP) is 4.04. The summed E-state index contributed by atoms with van der Waals surface area (Å²) in [5.41, 5.74) is 0.611. The Bertz CT molecular complexity index is 1210. The normalized spacial score (nSPS) is 10.7. The standard InChI is InChI=1S/C22H16N4O6/c1-31-20-11-14(2-8-19(20)32-21-9-5-17(13-24-21)26(29)30)10-15(12-23)22(28)25-16-3-6-18(27)7-4-16/h2-11,13,27H,1H3,(H,25,28)/b15-10-. The van der Waals surface area contributed by atoms with Crippen LogP contribution in [0.2, 0.25) is 0 Å². The monoisotopic (exact) mass is 432 g/mol. The highest BCUT2D eigenvalue weighted by Crippen LogP contribution is 2.32. The van der Waals surface area contributed by atoms with Crippen LogP contribution in [0.3, 0.4) is 0 Å². The molecule has 0 radical (unpaired) electrons. The number of carbonyl (C=O) groups is 1. The molecule has 160 valence electrons. The van der Waals surface area contributed by atoms with Gasteiger partial charge in [-0.1, -0.05) is 6.07 Å². The number of nitrogens with one attached hydrogen (secondary N) is 1. The molecule has 2 N–H and O–H groups in total. The quantitative estimate of drug-likeness (QED) is 0.187. The molecule has 3 rings (SSSR count). The second-order valence-corrected chi connectivity index (χ2v) is 6.29. The van der Waals surface area contributed by atoms with Crippen molar-refractivity contribution >= 4 is 23.4 Å². The minimum atomic E-state index is -0.618. The molecule has 0 bridgehead atoms. The molecule has 0 unspecified atom stereocenters. The smallest absolute Gasteiger partial charge is 0.287 e. The third-order valence-electron chi connectivity index (χ3n) is 4.14. The summed E-state index contributed by atoms with van der Waals surface area (Å²) in [5.74, 6) is 0.154. The SMILES string of the molecule is COc1cc(/C=C(/C#N)C(=O)Nc2ccc(O)cc2)ccc1Oc1ccc([N+](=O)[O-])cn1. The summed E-state index contributed by atoms with van der Waals surface area (Å²) in [6.45, 7) is 0. The molecule has 2 aromatic carbocycles. The van der Waals surface area contributed by atoms with E-state index in [0.29, 0.717) is 17.0 Å². The van der Waals surface area contributed by atoms with E-state index >= 15 is 0 Å². The van der Waals surface area contributed by atoms with E-state index in [4.69, 9.17) is 9.47 Å². The summed E-state index contributed by atoms with van der Waals surface area (Å²) in [4.78, 5) is 26.4. The zero-order chi connectivity index (χ0) is 23.1. The zero-order valence-electron chi connectivity index (χ0n) is 16.7. The second-order valence-electron chi connectivity index (χ2n) is 6.29. The summed E-state index contributed by atoms with van der Waals surface area (Å²) in [5, 5.41) is 32.0. The van der Waals surface area contributed by atoms with E-state index in [1.165, 1.54) is 49.6 Å². The van der Waals surface area contributed by atoms with Crippen LogP contribution in [0.5, 0.6) is 23.1 Å². The third kappa shape index (κ3) is 5.37. The van der Waals surface area contributed by atoms with Crippen molar-refractivity contribution in [3.63, 3.8) is 0 Å². The predicted molar refractivity (Wildman–Crippen MR) is 114 cm³/mol. The van der Waals surface area contributed by atoms with Gasteiger partial charge in [0.1, 0.15) is 23.6 Å².